The van der Waals surface area contributed by atoms with Crippen molar-refractivity contribution in [3.63, 3.8) is 0 Å². The summed E-state index contributed by atoms with van der Waals surface area (Å²) in [5, 5.41) is 2.30. The molecule has 0 spiro atoms. The number of nitrogens with one attached hydrogen (secondary N) is 1. The van der Waals surface area contributed by atoms with Crippen LogP contribution in [0, 0.1) is 0 Å². The summed E-state index contributed by atoms with van der Waals surface area (Å²) >= 11 is 0. The topological polar surface area (TPSA) is 158 Å². The Bertz CT molecular complexity index is 1550. The van der Waals surface area contributed by atoms with Gasteiger partial charge in [-0.2, -0.15) is 0 Å². The van der Waals surface area contributed by atoms with Gasteiger partial charge in [0.1, 0.15) is 23.3 Å². The standard InChI is InChI=1S/C31H43N5O9/c1-30(2,3)44-27(40)23-17-34(13-14-35(23)29(42)45-31(4,5)6)18-25(38)43-15-12-19-8-9-20-22(16-19)33(7)28(41)36(20)21-10-11-24(37)32-26(21)39/h8-9,16,21,23H,10-15,17-18H2,1-7H3,(H,32,37,39)/t21?,23-/m0/s1. The highest BCUT2D eigenvalue weighted by Gasteiger charge is 2.40. The molecule has 2 aromatic rings. The monoisotopic (exact) mass is 629 g/mol. The van der Waals surface area contributed by atoms with Crippen molar-refractivity contribution in [1.82, 2.24) is 24.3 Å². The lowest BCUT2D eigenvalue weighted by molar-refractivity contribution is -0.164. The summed E-state index contributed by atoms with van der Waals surface area (Å²) in [6.45, 7) is 11.1. The SMILES string of the molecule is Cn1c(=O)n(C2CCC(=O)NC2=O)c2ccc(CCOC(=O)CN3CCN(C(=O)OC(C)(C)C)[C@H](C(=O)OC(C)(C)C)C3)cc21. The fourth-order valence-corrected chi connectivity index (χ4v) is 5.40. The van der Waals surface area contributed by atoms with Crippen LogP contribution in [0.2, 0.25) is 0 Å². The first-order valence-electron chi connectivity index (χ1n) is 15.1. The van der Waals surface area contributed by atoms with Gasteiger partial charge in [-0.15, -0.1) is 0 Å². The van der Waals surface area contributed by atoms with E-state index in [4.69, 9.17) is 14.2 Å². The maximum Gasteiger partial charge on any atom is 0.411 e. The number of fused-ring (bicyclic) bond motifs is 1. The quantitative estimate of drug-likeness (QED) is 0.271. The normalized spacial score (nSPS) is 19.8. The Balaban J connectivity index is 1.36. The average Bonchev–Trinajstić information content (AvgIpc) is 3.16. The summed E-state index contributed by atoms with van der Waals surface area (Å²) in [6.07, 6.45) is 0.161. The zero-order chi connectivity index (χ0) is 33.3. The first-order chi connectivity index (χ1) is 20.9. The fourth-order valence-electron chi connectivity index (χ4n) is 5.40. The predicted molar refractivity (Wildman–Crippen MR) is 162 cm³/mol. The second-order valence-electron chi connectivity index (χ2n) is 13.4. The highest BCUT2D eigenvalue weighted by Crippen LogP contribution is 2.24. The average molecular weight is 630 g/mol. The van der Waals surface area contributed by atoms with Crippen molar-refractivity contribution in [2.75, 3.05) is 32.8 Å². The largest absolute Gasteiger partial charge is 0.464 e. The van der Waals surface area contributed by atoms with Gasteiger partial charge >= 0.3 is 23.7 Å². The summed E-state index contributed by atoms with van der Waals surface area (Å²) in [5.74, 6) is -1.92. The van der Waals surface area contributed by atoms with Crippen LogP contribution in [-0.2, 0) is 46.9 Å². The molecular weight excluding hydrogens is 586 g/mol. The number of benzene rings is 1. The molecular formula is C31H43N5O9. The lowest BCUT2D eigenvalue weighted by Crippen LogP contribution is -2.60. The summed E-state index contributed by atoms with van der Waals surface area (Å²) in [7, 11) is 1.62. The number of aromatic nitrogens is 2. The Morgan fingerprint density at radius 3 is 2.29 bits per heavy atom. The van der Waals surface area contributed by atoms with Crippen LogP contribution in [0.3, 0.4) is 0 Å². The van der Waals surface area contributed by atoms with Gasteiger partial charge in [-0.1, -0.05) is 6.07 Å². The number of amides is 3. The molecule has 2 fully saturated rings. The second-order valence-corrected chi connectivity index (χ2v) is 13.4. The lowest BCUT2D eigenvalue weighted by atomic mass is 10.1. The molecule has 14 nitrogen and oxygen atoms in total. The number of carbonyl (C=O) groups is 5. The molecule has 0 bridgehead atoms. The van der Waals surface area contributed by atoms with E-state index >= 15 is 0 Å². The van der Waals surface area contributed by atoms with Crippen molar-refractivity contribution in [1.29, 1.82) is 0 Å². The van der Waals surface area contributed by atoms with E-state index in [1.165, 1.54) is 14.0 Å². The fraction of sp³-hybridized carbons (Fsp3) is 0.613. The van der Waals surface area contributed by atoms with Gasteiger partial charge < -0.3 is 14.2 Å². The number of carbonyl (C=O) groups excluding carboxylic acids is 5. The van der Waals surface area contributed by atoms with Crippen LogP contribution in [0.1, 0.15) is 66.0 Å². The maximum absolute atomic E-state index is 13.0. The number of piperidine rings is 1. The highest BCUT2D eigenvalue weighted by molar-refractivity contribution is 6.00. The van der Waals surface area contributed by atoms with Crippen LogP contribution in [0.25, 0.3) is 11.0 Å². The Morgan fingerprint density at radius 1 is 0.956 bits per heavy atom. The van der Waals surface area contributed by atoms with E-state index in [0.717, 1.165) is 5.56 Å². The Kier molecular flexibility index (Phi) is 9.76. The number of hydrogen-bond acceptors (Lipinski definition) is 10. The summed E-state index contributed by atoms with van der Waals surface area (Å²) in [4.78, 5) is 78.8. The van der Waals surface area contributed by atoms with Crippen LogP contribution in [0.4, 0.5) is 4.79 Å². The van der Waals surface area contributed by atoms with E-state index in [0.29, 0.717) is 24.0 Å². The molecule has 0 saturated carbocycles. The molecule has 1 unspecified atom stereocenters. The number of esters is 2. The summed E-state index contributed by atoms with van der Waals surface area (Å²) < 4.78 is 19.4. The lowest BCUT2D eigenvalue weighted by Gasteiger charge is -2.40. The van der Waals surface area contributed by atoms with E-state index < -0.39 is 47.2 Å². The van der Waals surface area contributed by atoms with E-state index in [2.05, 4.69) is 5.32 Å². The molecule has 2 atom stereocenters. The summed E-state index contributed by atoms with van der Waals surface area (Å²) in [6, 6.07) is 3.64. The molecule has 14 heteroatoms. The van der Waals surface area contributed by atoms with Gasteiger partial charge in [0, 0.05) is 39.5 Å². The van der Waals surface area contributed by atoms with Crippen LogP contribution >= 0.6 is 0 Å². The van der Waals surface area contributed by atoms with Crippen molar-refractivity contribution < 1.29 is 38.2 Å². The minimum atomic E-state index is -0.952. The molecule has 3 amide bonds. The molecule has 2 saturated heterocycles. The zero-order valence-corrected chi connectivity index (χ0v) is 27.0. The Hall–Kier alpha value is -4.20. The van der Waals surface area contributed by atoms with E-state index in [-0.39, 0.29) is 50.7 Å². The third-order valence-corrected chi connectivity index (χ3v) is 7.45. The number of nitrogens with zero attached hydrogens (tertiary/aromatic N) is 4. The molecule has 0 radical (unpaired) electrons. The van der Waals surface area contributed by atoms with Crippen molar-refractivity contribution in [3.05, 3.63) is 34.2 Å². The van der Waals surface area contributed by atoms with Crippen molar-refractivity contribution in [2.24, 2.45) is 7.05 Å². The smallest absolute Gasteiger partial charge is 0.411 e. The van der Waals surface area contributed by atoms with Gasteiger partial charge in [0.2, 0.25) is 11.8 Å². The number of imidazole rings is 1. The Labute approximate surface area is 261 Å². The third-order valence-electron chi connectivity index (χ3n) is 7.45. The number of aryl methyl sites for hydroxylation is 1. The zero-order valence-electron chi connectivity index (χ0n) is 27.0. The van der Waals surface area contributed by atoms with Crippen molar-refractivity contribution in [2.45, 2.75) is 84.1 Å². The van der Waals surface area contributed by atoms with Gasteiger partial charge in [0.05, 0.1) is 24.2 Å². The van der Waals surface area contributed by atoms with Gasteiger partial charge in [-0.05, 0) is 65.7 Å². The molecule has 1 N–H and O–H groups in total. The number of imide groups is 1. The van der Waals surface area contributed by atoms with Crippen molar-refractivity contribution >= 4 is 40.9 Å². The van der Waals surface area contributed by atoms with E-state index in [1.807, 2.05) is 6.07 Å². The van der Waals surface area contributed by atoms with Crippen LogP contribution in [-0.4, -0.2) is 98.8 Å². The first-order valence-corrected chi connectivity index (χ1v) is 15.1. The summed E-state index contributed by atoms with van der Waals surface area (Å²) in [5.41, 5.74) is 0.141. The minimum absolute atomic E-state index is 0.0796. The number of ether oxygens (including phenoxy) is 3. The van der Waals surface area contributed by atoms with Crippen LogP contribution in [0.15, 0.2) is 23.0 Å². The molecule has 45 heavy (non-hydrogen) atoms. The molecule has 0 aliphatic carbocycles. The van der Waals surface area contributed by atoms with Gasteiger partial charge in [0.15, 0.2) is 0 Å². The molecule has 1 aromatic carbocycles. The number of piperazine rings is 1. The first kappa shape index (κ1) is 33.7. The van der Waals surface area contributed by atoms with Crippen LogP contribution in [0.5, 0.6) is 0 Å². The molecule has 2 aliphatic rings. The van der Waals surface area contributed by atoms with Crippen molar-refractivity contribution in [3.8, 4) is 0 Å². The van der Waals surface area contributed by atoms with Gasteiger partial charge in [0.25, 0.3) is 0 Å². The number of rotatable bonds is 7. The maximum atomic E-state index is 13.0. The number of hydrogen-bond donors (Lipinski definition) is 1. The molecule has 4 rings (SSSR count). The molecule has 246 valence electrons. The van der Waals surface area contributed by atoms with Crippen LogP contribution < -0.4 is 11.0 Å². The molecule has 3 heterocycles. The van der Waals surface area contributed by atoms with E-state index in [1.54, 1.807) is 65.6 Å². The van der Waals surface area contributed by atoms with Gasteiger partial charge in [-0.25, -0.2) is 14.4 Å². The van der Waals surface area contributed by atoms with Gasteiger partial charge in [-0.3, -0.25) is 38.6 Å². The minimum Gasteiger partial charge on any atom is -0.464 e. The van der Waals surface area contributed by atoms with E-state index in [9.17, 15) is 28.8 Å². The second kappa shape index (κ2) is 13.0. The predicted octanol–water partition coefficient (Wildman–Crippen LogP) is 1.67. The third kappa shape index (κ3) is 8.29. The highest BCUT2D eigenvalue weighted by atomic mass is 16.6. The molecule has 2 aliphatic heterocycles. The molecule has 1 aromatic heterocycles. The Morgan fingerprint density at radius 2 is 1.64 bits per heavy atom.